The number of hydrogen-bond acceptors (Lipinski definition) is 3. The first-order valence-electron chi connectivity index (χ1n) is 8.71. The average molecular weight is 358 g/mol. The van der Waals surface area contributed by atoms with Gasteiger partial charge in [-0.3, -0.25) is 9.59 Å². The van der Waals surface area contributed by atoms with Gasteiger partial charge in [0.15, 0.2) is 6.54 Å². The fraction of sp³-hybridized carbons (Fsp3) is 0.368. The van der Waals surface area contributed by atoms with Gasteiger partial charge in [0.05, 0.1) is 31.1 Å². The molecule has 0 bridgehead atoms. The quantitative estimate of drug-likeness (QED) is 0.846. The van der Waals surface area contributed by atoms with Gasteiger partial charge >= 0.3 is 0 Å². The minimum Gasteiger partial charge on any atom is -0.327 e. The number of para-hydroxylation sites is 1. The summed E-state index contributed by atoms with van der Waals surface area (Å²) in [6, 6.07) is 11.7. The van der Waals surface area contributed by atoms with E-state index in [9.17, 15) is 9.59 Å². The summed E-state index contributed by atoms with van der Waals surface area (Å²) < 4.78 is 0. The highest BCUT2D eigenvalue weighted by atomic mass is 32.1. The predicted octanol–water partition coefficient (Wildman–Crippen LogP) is 1.29. The zero-order valence-corrected chi connectivity index (χ0v) is 15.3. The van der Waals surface area contributed by atoms with Crippen LogP contribution in [0.3, 0.4) is 0 Å². The molecular formula is C19H24N3O2S+. The van der Waals surface area contributed by atoms with Crippen molar-refractivity contribution >= 4 is 28.8 Å². The molecule has 1 aromatic heterocycles. The van der Waals surface area contributed by atoms with Gasteiger partial charge < -0.3 is 15.1 Å². The van der Waals surface area contributed by atoms with Gasteiger partial charge in [0.2, 0.25) is 0 Å². The third kappa shape index (κ3) is 4.46. The van der Waals surface area contributed by atoms with E-state index in [4.69, 9.17) is 0 Å². The van der Waals surface area contributed by atoms with Gasteiger partial charge in [0.1, 0.15) is 0 Å². The van der Waals surface area contributed by atoms with Crippen LogP contribution in [0.2, 0.25) is 0 Å². The molecule has 1 aliphatic rings. The largest absolute Gasteiger partial charge is 0.327 e. The number of amides is 2. The Kier molecular flexibility index (Phi) is 5.83. The van der Waals surface area contributed by atoms with Crippen LogP contribution in [0.1, 0.15) is 22.2 Å². The lowest BCUT2D eigenvalue weighted by molar-refractivity contribution is -0.895. The molecule has 0 saturated carbocycles. The number of nitrogens with one attached hydrogen (secondary N) is 2. The van der Waals surface area contributed by atoms with Crippen LogP contribution >= 0.6 is 11.3 Å². The Morgan fingerprint density at radius 1 is 1.16 bits per heavy atom. The van der Waals surface area contributed by atoms with Crippen molar-refractivity contribution < 1.29 is 14.5 Å². The topological polar surface area (TPSA) is 53.9 Å². The number of thiophene rings is 1. The summed E-state index contributed by atoms with van der Waals surface area (Å²) in [6.45, 7) is 5.54. The molecule has 0 atom stereocenters. The molecule has 3 rings (SSSR count). The molecule has 0 unspecified atom stereocenters. The smallest absolute Gasteiger partial charge is 0.279 e. The number of rotatable bonds is 5. The number of nitrogens with zero attached hydrogens (tertiary/aromatic N) is 1. The van der Waals surface area contributed by atoms with E-state index in [2.05, 4.69) is 12.2 Å². The highest BCUT2D eigenvalue weighted by Gasteiger charge is 2.26. The minimum absolute atomic E-state index is 0.0360. The van der Waals surface area contributed by atoms with Gasteiger partial charge in [0.25, 0.3) is 11.8 Å². The molecule has 2 amide bonds. The Morgan fingerprint density at radius 3 is 2.60 bits per heavy atom. The molecule has 0 aliphatic carbocycles. The lowest BCUT2D eigenvalue weighted by atomic mass is 10.1. The van der Waals surface area contributed by atoms with Crippen molar-refractivity contribution in [2.45, 2.75) is 13.3 Å². The first-order chi connectivity index (χ1) is 12.2. The van der Waals surface area contributed by atoms with E-state index < -0.39 is 0 Å². The molecule has 1 saturated heterocycles. The number of piperazine rings is 1. The molecule has 2 heterocycles. The van der Waals surface area contributed by atoms with E-state index in [1.165, 1.54) is 16.2 Å². The normalized spacial score (nSPS) is 15.2. The van der Waals surface area contributed by atoms with Crippen molar-refractivity contribution in [2.24, 2.45) is 0 Å². The zero-order valence-electron chi connectivity index (χ0n) is 14.5. The van der Waals surface area contributed by atoms with Gasteiger partial charge in [-0.2, -0.15) is 0 Å². The second-order valence-electron chi connectivity index (χ2n) is 6.26. The maximum atomic E-state index is 12.3. The van der Waals surface area contributed by atoms with Crippen LogP contribution in [-0.2, 0) is 11.2 Å². The summed E-state index contributed by atoms with van der Waals surface area (Å²) in [5.41, 5.74) is 2.05. The number of anilines is 1. The standard InChI is InChI=1S/C19H23N3O2S/c1-2-15-6-3-4-7-16(15)20-18(23)14-21-9-11-22(12-10-21)19(24)17-8-5-13-25-17/h3-8,13H,2,9-12,14H2,1H3,(H,20,23)/p+1. The summed E-state index contributed by atoms with van der Waals surface area (Å²) in [7, 11) is 0. The molecule has 0 spiro atoms. The lowest BCUT2D eigenvalue weighted by Gasteiger charge is -2.31. The van der Waals surface area contributed by atoms with Crippen LogP contribution < -0.4 is 10.2 Å². The Labute approximate surface area is 152 Å². The van der Waals surface area contributed by atoms with Crippen molar-refractivity contribution in [3.8, 4) is 0 Å². The predicted molar refractivity (Wildman–Crippen MR) is 100 cm³/mol. The fourth-order valence-corrected chi connectivity index (χ4v) is 3.82. The van der Waals surface area contributed by atoms with E-state index in [1.54, 1.807) is 0 Å². The van der Waals surface area contributed by atoms with Crippen LogP contribution in [0, 0.1) is 0 Å². The molecule has 2 N–H and O–H groups in total. The summed E-state index contributed by atoms with van der Waals surface area (Å²) in [6.07, 6.45) is 0.896. The van der Waals surface area contributed by atoms with Crippen LogP contribution in [0.4, 0.5) is 5.69 Å². The highest BCUT2D eigenvalue weighted by Crippen LogP contribution is 2.15. The molecule has 132 valence electrons. The van der Waals surface area contributed by atoms with E-state index >= 15 is 0 Å². The first-order valence-corrected chi connectivity index (χ1v) is 9.59. The fourth-order valence-electron chi connectivity index (χ4n) is 3.13. The SMILES string of the molecule is CCc1ccccc1NC(=O)C[NH+]1CCN(C(=O)c2cccs2)CC1. The van der Waals surface area contributed by atoms with E-state index in [1.807, 2.05) is 46.7 Å². The average Bonchev–Trinajstić information content (AvgIpc) is 3.17. The molecule has 2 aromatic rings. The molecule has 25 heavy (non-hydrogen) atoms. The van der Waals surface area contributed by atoms with Crippen LogP contribution in [0.25, 0.3) is 0 Å². The molecule has 1 fully saturated rings. The van der Waals surface area contributed by atoms with Gasteiger partial charge in [-0.25, -0.2) is 0 Å². The monoisotopic (exact) mass is 358 g/mol. The van der Waals surface area contributed by atoms with Crippen molar-refractivity contribution in [1.29, 1.82) is 0 Å². The van der Waals surface area contributed by atoms with Gasteiger partial charge in [-0.1, -0.05) is 31.2 Å². The van der Waals surface area contributed by atoms with E-state index in [0.29, 0.717) is 19.6 Å². The van der Waals surface area contributed by atoms with Crippen LogP contribution in [-0.4, -0.2) is 49.4 Å². The Hall–Kier alpha value is -2.18. The highest BCUT2D eigenvalue weighted by molar-refractivity contribution is 7.12. The van der Waals surface area contributed by atoms with Gasteiger partial charge in [-0.15, -0.1) is 11.3 Å². The van der Waals surface area contributed by atoms with Crippen molar-refractivity contribution in [3.05, 3.63) is 52.2 Å². The maximum absolute atomic E-state index is 12.3. The number of carbonyl (C=O) groups excluding carboxylic acids is 2. The second-order valence-corrected chi connectivity index (χ2v) is 7.20. The summed E-state index contributed by atoms with van der Waals surface area (Å²) in [5.74, 6) is 0.143. The molecule has 6 heteroatoms. The molecule has 1 aromatic carbocycles. The van der Waals surface area contributed by atoms with Crippen LogP contribution in [0.15, 0.2) is 41.8 Å². The summed E-state index contributed by atoms with van der Waals surface area (Å²) >= 11 is 1.48. The zero-order chi connectivity index (χ0) is 17.6. The Morgan fingerprint density at radius 2 is 1.92 bits per heavy atom. The third-order valence-electron chi connectivity index (χ3n) is 4.57. The first kappa shape index (κ1) is 17.6. The summed E-state index contributed by atoms with van der Waals surface area (Å²) in [4.78, 5) is 28.6. The summed E-state index contributed by atoms with van der Waals surface area (Å²) in [5, 5.41) is 4.95. The molecular weight excluding hydrogens is 334 g/mol. The van der Waals surface area contributed by atoms with Crippen LogP contribution in [0.5, 0.6) is 0 Å². The third-order valence-corrected chi connectivity index (χ3v) is 5.43. The lowest BCUT2D eigenvalue weighted by Crippen LogP contribution is -3.15. The minimum atomic E-state index is 0.0360. The molecule has 0 radical (unpaired) electrons. The van der Waals surface area contributed by atoms with E-state index in [-0.39, 0.29) is 11.8 Å². The molecule has 1 aliphatic heterocycles. The van der Waals surface area contributed by atoms with Crippen molar-refractivity contribution in [1.82, 2.24) is 4.90 Å². The Balaban J connectivity index is 1.49. The Bertz CT molecular complexity index is 722. The molecule has 5 nitrogen and oxygen atoms in total. The van der Waals surface area contributed by atoms with Gasteiger partial charge in [-0.05, 0) is 29.5 Å². The number of quaternary nitrogens is 1. The number of benzene rings is 1. The van der Waals surface area contributed by atoms with Gasteiger partial charge in [0, 0.05) is 5.69 Å². The van der Waals surface area contributed by atoms with E-state index in [0.717, 1.165) is 35.6 Å². The number of hydrogen-bond donors (Lipinski definition) is 2. The number of carbonyl (C=O) groups is 2. The van der Waals surface area contributed by atoms with Crippen molar-refractivity contribution in [3.63, 3.8) is 0 Å². The maximum Gasteiger partial charge on any atom is 0.279 e. The second kappa shape index (κ2) is 8.27. The van der Waals surface area contributed by atoms with Crippen molar-refractivity contribution in [2.75, 3.05) is 38.0 Å². The number of aryl methyl sites for hydroxylation is 1.